The number of nitriles is 1. The summed E-state index contributed by atoms with van der Waals surface area (Å²) in [4.78, 5) is 11.9. The molecule has 0 aromatic heterocycles. The predicted molar refractivity (Wildman–Crippen MR) is 79.5 cm³/mol. The van der Waals surface area contributed by atoms with Crippen molar-refractivity contribution in [3.63, 3.8) is 0 Å². The lowest BCUT2D eigenvalue weighted by Gasteiger charge is -2.14. The Morgan fingerprint density at radius 1 is 1.23 bits per heavy atom. The van der Waals surface area contributed by atoms with Crippen LogP contribution < -0.4 is 5.43 Å². The van der Waals surface area contributed by atoms with E-state index >= 15 is 0 Å². The highest BCUT2D eigenvalue weighted by Crippen LogP contribution is 2.37. The van der Waals surface area contributed by atoms with Crippen LogP contribution in [-0.4, -0.2) is 17.0 Å². The Labute approximate surface area is 130 Å². The Balaban J connectivity index is 2.81. The average Bonchev–Trinajstić information content (AvgIpc) is 2.38. The van der Waals surface area contributed by atoms with Gasteiger partial charge in [0, 0.05) is 10.3 Å². The van der Waals surface area contributed by atoms with Gasteiger partial charge >= 0.3 is 5.51 Å². The van der Waals surface area contributed by atoms with Gasteiger partial charge in [0.1, 0.15) is 6.07 Å². The molecule has 1 rings (SSSR count). The molecule has 0 unspecified atom stereocenters. The van der Waals surface area contributed by atoms with E-state index in [9.17, 15) is 18.0 Å². The first-order chi connectivity index (χ1) is 10.0. The van der Waals surface area contributed by atoms with E-state index in [1.165, 1.54) is 24.3 Å². The van der Waals surface area contributed by atoms with Crippen molar-refractivity contribution >= 4 is 28.9 Å². The van der Waals surface area contributed by atoms with E-state index in [0.717, 1.165) is 0 Å². The summed E-state index contributed by atoms with van der Waals surface area (Å²) in [7, 11) is 0. The SMILES string of the molecule is CC(C)(C)C(=O)/C(C#N)=N/Nc1ccc(SC(F)(F)F)cc1. The molecule has 0 heterocycles. The zero-order valence-corrected chi connectivity index (χ0v) is 13.0. The fourth-order valence-electron chi connectivity index (χ4n) is 1.33. The highest BCUT2D eigenvalue weighted by molar-refractivity contribution is 8.00. The summed E-state index contributed by atoms with van der Waals surface area (Å²) in [5, 5.41) is 12.6. The minimum atomic E-state index is -4.35. The number of anilines is 1. The summed E-state index contributed by atoms with van der Waals surface area (Å²) in [6.07, 6.45) is 0. The predicted octanol–water partition coefficient (Wildman–Crippen LogP) is 4.21. The van der Waals surface area contributed by atoms with E-state index in [4.69, 9.17) is 5.26 Å². The molecule has 0 fully saturated rings. The van der Waals surface area contributed by atoms with Crippen LogP contribution in [-0.2, 0) is 4.79 Å². The number of halogens is 3. The van der Waals surface area contributed by atoms with Gasteiger partial charge in [-0.1, -0.05) is 20.8 Å². The summed E-state index contributed by atoms with van der Waals surface area (Å²) in [6, 6.07) is 7.02. The molecule has 0 aliphatic heterocycles. The van der Waals surface area contributed by atoms with Crippen LogP contribution in [0.25, 0.3) is 0 Å². The van der Waals surface area contributed by atoms with Crippen molar-refractivity contribution in [1.29, 1.82) is 5.26 Å². The minimum absolute atomic E-state index is 0.0355. The van der Waals surface area contributed by atoms with Crippen molar-refractivity contribution in [2.45, 2.75) is 31.2 Å². The van der Waals surface area contributed by atoms with Gasteiger partial charge in [0.15, 0.2) is 5.78 Å². The maximum atomic E-state index is 12.2. The molecule has 0 saturated carbocycles. The molecule has 1 aromatic carbocycles. The standard InChI is InChI=1S/C14H14F3N3OS/c1-13(2,3)12(21)11(8-18)20-19-9-4-6-10(7-5-9)22-14(15,16)17/h4-7,19H,1-3H3/b20-11+. The van der Waals surface area contributed by atoms with Gasteiger partial charge < -0.3 is 0 Å². The average molecular weight is 329 g/mol. The number of hydrogen-bond acceptors (Lipinski definition) is 5. The second-order valence-electron chi connectivity index (χ2n) is 5.34. The number of benzene rings is 1. The topological polar surface area (TPSA) is 65.2 Å². The van der Waals surface area contributed by atoms with E-state index in [0.29, 0.717) is 5.69 Å². The summed E-state index contributed by atoms with van der Waals surface area (Å²) in [5.41, 5.74) is -2.52. The third-order valence-electron chi connectivity index (χ3n) is 2.39. The number of nitrogens with one attached hydrogen (secondary N) is 1. The molecule has 118 valence electrons. The fourth-order valence-corrected chi connectivity index (χ4v) is 1.87. The fraction of sp³-hybridized carbons (Fsp3) is 0.357. The van der Waals surface area contributed by atoms with Gasteiger partial charge in [0.05, 0.1) is 5.69 Å². The number of Topliss-reactive ketones (excluding diaryl/α,β-unsaturated/α-hetero) is 1. The first kappa shape index (κ1) is 18.0. The van der Waals surface area contributed by atoms with E-state index < -0.39 is 16.7 Å². The van der Waals surface area contributed by atoms with Crippen molar-refractivity contribution < 1.29 is 18.0 Å². The summed E-state index contributed by atoms with van der Waals surface area (Å²) in [6.45, 7) is 4.97. The zero-order chi connectivity index (χ0) is 17.0. The molecule has 1 aromatic rings. The minimum Gasteiger partial charge on any atom is -0.291 e. The normalized spacial score (nSPS) is 12.7. The smallest absolute Gasteiger partial charge is 0.291 e. The molecular weight excluding hydrogens is 315 g/mol. The molecular formula is C14H14F3N3OS. The number of alkyl halides is 3. The number of carbonyl (C=O) groups is 1. The van der Waals surface area contributed by atoms with Crippen LogP contribution in [0.15, 0.2) is 34.3 Å². The van der Waals surface area contributed by atoms with Crippen molar-refractivity contribution in [3.05, 3.63) is 24.3 Å². The van der Waals surface area contributed by atoms with E-state index in [-0.39, 0.29) is 22.4 Å². The van der Waals surface area contributed by atoms with Gasteiger partial charge in [-0.15, -0.1) is 0 Å². The Kier molecular flexibility index (Phi) is 5.60. The molecule has 0 amide bonds. The van der Waals surface area contributed by atoms with Crippen LogP contribution in [0.4, 0.5) is 18.9 Å². The van der Waals surface area contributed by atoms with Gasteiger partial charge in [-0.2, -0.15) is 23.5 Å². The van der Waals surface area contributed by atoms with Crippen molar-refractivity contribution in [2.75, 3.05) is 5.43 Å². The van der Waals surface area contributed by atoms with Gasteiger partial charge in [0.2, 0.25) is 5.71 Å². The Morgan fingerprint density at radius 2 is 1.77 bits per heavy atom. The third kappa shape index (κ3) is 5.77. The van der Waals surface area contributed by atoms with Gasteiger partial charge in [-0.3, -0.25) is 10.2 Å². The molecule has 0 spiro atoms. The largest absolute Gasteiger partial charge is 0.446 e. The number of thioether (sulfide) groups is 1. The number of ketones is 1. The quantitative estimate of drug-likeness (QED) is 0.511. The van der Waals surface area contributed by atoms with Crippen LogP contribution >= 0.6 is 11.8 Å². The summed E-state index contributed by atoms with van der Waals surface area (Å²) < 4.78 is 36.6. The molecule has 22 heavy (non-hydrogen) atoms. The van der Waals surface area contributed by atoms with Crippen LogP contribution in [0, 0.1) is 16.7 Å². The maximum absolute atomic E-state index is 12.2. The highest BCUT2D eigenvalue weighted by Gasteiger charge is 2.29. The van der Waals surface area contributed by atoms with Crippen LogP contribution in [0.2, 0.25) is 0 Å². The Morgan fingerprint density at radius 3 is 2.18 bits per heavy atom. The van der Waals surface area contributed by atoms with Crippen LogP contribution in [0.3, 0.4) is 0 Å². The monoisotopic (exact) mass is 329 g/mol. The summed E-state index contributed by atoms with van der Waals surface area (Å²) >= 11 is -0.223. The molecule has 0 aliphatic carbocycles. The van der Waals surface area contributed by atoms with Gasteiger partial charge in [-0.25, -0.2) is 0 Å². The lowest BCUT2D eigenvalue weighted by Crippen LogP contribution is -2.28. The first-order valence-electron chi connectivity index (χ1n) is 6.17. The molecule has 0 aliphatic rings. The molecule has 1 N–H and O–H groups in total. The van der Waals surface area contributed by atoms with Gasteiger partial charge in [0.25, 0.3) is 0 Å². The molecule has 8 heteroatoms. The molecule has 0 radical (unpaired) electrons. The van der Waals surface area contributed by atoms with E-state index in [2.05, 4.69) is 10.5 Å². The van der Waals surface area contributed by atoms with Crippen LogP contribution in [0.5, 0.6) is 0 Å². The highest BCUT2D eigenvalue weighted by atomic mass is 32.2. The second kappa shape index (κ2) is 6.83. The summed E-state index contributed by atoms with van der Waals surface area (Å²) in [5.74, 6) is -0.424. The Hall–Kier alpha value is -2.01. The van der Waals surface area contributed by atoms with Crippen molar-refractivity contribution in [2.24, 2.45) is 10.5 Å². The number of carbonyl (C=O) groups excluding carboxylic acids is 1. The molecule has 0 saturated heterocycles. The molecule has 4 nitrogen and oxygen atoms in total. The van der Waals surface area contributed by atoms with Crippen LogP contribution in [0.1, 0.15) is 20.8 Å². The van der Waals surface area contributed by atoms with E-state index in [1.807, 2.05) is 0 Å². The van der Waals surface area contributed by atoms with Crippen molar-refractivity contribution in [3.8, 4) is 6.07 Å². The number of nitrogens with zero attached hydrogens (tertiary/aromatic N) is 2. The lowest BCUT2D eigenvalue weighted by atomic mass is 9.88. The second-order valence-corrected chi connectivity index (χ2v) is 6.47. The lowest BCUT2D eigenvalue weighted by molar-refractivity contribution is -0.119. The first-order valence-corrected chi connectivity index (χ1v) is 6.99. The zero-order valence-electron chi connectivity index (χ0n) is 12.2. The maximum Gasteiger partial charge on any atom is 0.446 e. The van der Waals surface area contributed by atoms with Gasteiger partial charge in [-0.05, 0) is 36.0 Å². The third-order valence-corrected chi connectivity index (χ3v) is 3.13. The number of hydrogen-bond donors (Lipinski definition) is 1. The molecule has 0 bridgehead atoms. The Bertz CT molecular complexity index is 610. The number of hydrazone groups is 1. The van der Waals surface area contributed by atoms with Crippen molar-refractivity contribution in [1.82, 2.24) is 0 Å². The van der Waals surface area contributed by atoms with E-state index in [1.54, 1.807) is 26.8 Å². The molecule has 0 atom stereocenters. The number of rotatable bonds is 4.